The molecule has 5 heteroatoms. The number of hydrogen-bond donors (Lipinski definition) is 0. The number of carbonyl (C=O) groups is 1. The van der Waals surface area contributed by atoms with Gasteiger partial charge in [0, 0.05) is 49.5 Å². The molecule has 2 aromatic heterocycles. The van der Waals surface area contributed by atoms with E-state index in [1.165, 1.54) is 0 Å². The van der Waals surface area contributed by atoms with E-state index < -0.39 is 0 Å². The van der Waals surface area contributed by atoms with E-state index in [-0.39, 0.29) is 5.91 Å². The molecule has 5 nitrogen and oxygen atoms in total. The highest BCUT2D eigenvalue weighted by molar-refractivity contribution is 6.07. The van der Waals surface area contributed by atoms with Gasteiger partial charge in [-0.25, -0.2) is 4.98 Å². The number of hydrogen-bond acceptors (Lipinski definition) is 3. The number of nitrogens with zero attached hydrogens (tertiary/aromatic N) is 4. The van der Waals surface area contributed by atoms with Crippen molar-refractivity contribution < 1.29 is 4.79 Å². The zero-order chi connectivity index (χ0) is 19.1. The largest absolute Gasteiger partial charge is 0.338 e. The molecule has 3 heterocycles. The van der Waals surface area contributed by atoms with Crippen molar-refractivity contribution in [3.05, 3.63) is 58.8 Å². The van der Waals surface area contributed by atoms with Crippen molar-refractivity contribution in [3.8, 4) is 0 Å². The van der Waals surface area contributed by atoms with Crippen LogP contribution in [0.3, 0.4) is 0 Å². The molecular formula is C22H26N4O. The van der Waals surface area contributed by atoms with Crippen LogP contribution < -0.4 is 0 Å². The second kappa shape index (κ2) is 6.80. The standard InChI is InChI=1S/C22H26N4O/c1-14-10-15(2)20-18(11-14)19(12-16(3)24-20)22(27)26-8-5-6-17(13-26)21-23-7-9-25(21)4/h7,9-12,17H,5-6,8,13H2,1-4H3. The summed E-state index contributed by atoms with van der Waals surface area (Å²) in [4.78, 5) is 24.7. The number of pyridine rings is 1. The number of imidazole rings is 1. The molecule has 1 aliphatic rings. The number of benzene rings is 1. The van der Waals surface area contributed by atoms with E-state index >= 15 is 0 Å². The number of aromatic nitrogens is 3. The molecule has 0 aliphatic carbocycles. The molecule has 1 aliphatic heterocycles. The van der Waals surface area contributed by atoms with Crippen molar-refractivity contribution in [2.45, 2.75) is 39.5 Å². The van der Waals surface area contributed by atoms with Gasteiger partial charge in [0.2, 0.25) is 0 Å². The van der Waals surface area contributed by atoms with Crippen molar-refractivity contribution in [1.29, 1.82) is 0 Å². The van der Waals surface area contributed by atoms with Crippen LogP contribution in [0, 0.1) is 20.8 Å². The summed E-state index contributed by atoms with van der Waals surface area (Å²) in [6, 6.07) is 6.15. The summed E-state index contributed by atoms with van der Waals surface area (Å²) >= 11 is 0. The number of likely N-dealkylation sites (tertiary alicyclic amines) is 1. The average molecular weight is 362 g/mol. The van der Waals surface area contributed by atoms with Crippen molar-refractivity contribution in [3.63, 3.8) is 0 Å². The third-order valence-corrected chi connectivity index (χ3v) is 5.54. The molecule has 0 radical (unpaired) electrons. The highest BCUT2D eigenvalue weighted by Gasteiger charge is 2.28. The third-order valence-electron chi connectivity index (χ3n) is 5.54. The van der Waals surface area contributed by atoms with Crippen LogP contribution in [-0.2, 0) is 7.05 Å². The predicted octanol–water partition coefficient (Wildman–Crippen LogP) is 3.91. The molecule has 27 heavy (non-hydrogen) atoms. The predicted molar refractivity (Wildman–Crippen MR) is 107 cm³/mol. The Morgan fingerprint density at radius 2 is 2.00 bits per heavy atom. The smallest absolute Gasteiger partial charge is 0.254 e. The van der Waals surface area contributed by atoms with Gasteiger partial charge in [-0.2, -0.15) is 0 Å². The summed E-state index contributed by atoms with van der Waals surface area (Å²) < 4.78 is 2.07. The van der Waals surface area contributed by atoms with E-state index in [1.807, 2.05) is 37.3 Å². The summed E-state index contributed by atoms with van der Waals surface area (Å²) in [7, 11) is 2.02. The molecule has 140 valence electrons. The number of carbonyl (C=O) groups excluding carboxylic acids is 1. The maximum Gasteiger partial charge on any atom is 0.254 e. The van der Waals surface area contributed by atoms with Gasteiger partial charge in [0.25, 0.3) is 5.91 Å². The zero-order valence-corrected chi connectivity index (χ0v) is 16.5. The maximum atomic E-state index is 13.5. The Balaban J connectivity index is 1.71. The molecule has 0 bridgehead atoms. The molecule has 0 N–H and O–H groups in total. The summed E-state index contributed by atoms with van der Waals surface area (Å²) in [6.07, 6.45) is 5.88. The maximum absolute atomic E-state index is 13.5. The normalized spacial score (nSPS) is 17.5. The lowest BCUT2D eigenvalue weighted by atomic mass is 9.95. The molecule has 1 unspecified atom stereocenters. The Hall–Kier alpha value is -2.69. The first-order valence-corrected chi connectivity index (χ1v) is 9.59. The molecule has 1 fully saturated rings. The minimum atomic E-state index is 0.106. The monoisotopic (exact) mass is 362 g/mol. The highest BCUT2D eigenvalue weighted by atomic mass is 16.2. The van der Waals surface area contributed by atoms with Crippen molar-refractivity contribution in [1.82, 2.24) is 19.4 Å². The quantitative estimate of drug-likeness (QED) is 0.694. The molecular weight excluding hydrogens is 336 g/mol. The van der Waals surface area contributed by atoms with Crippen LogP contribution in [-0.4, -0.2) is 38.4 Å². The molecule has 1 saturated heterocycles. The fraction of sp³-hybridized carbons (Fsp3) is 0.409. The lowest BCUT2D eigenvalue weighted by molar-refractivity contribution is 0.0705. The van der Waals surface area contributed by atoms with Gasteiger partial charge in [0.05, 0.1) is 11.1 Å². The van der Waals surface area contributed by atoms with Gasteiger partial charge in [-0.05, 0) is 51.3 Å². The number of aryl methyl sites for hydroxylation is 4. The Bertz CT molecular complexity index is 1020. The van der Waals surface area contributed by atoms with E-state index in [4.69, 9.17) is 0 Å². The Kier molecular flexibility index (Phi) is 4.46. The van der Waals surface area contributed by atoms with Crippen LogP contribution in [0.25, 0.3) is 10.9 Å². The number of amides is 1. The zero-order valence-electron chi connectivity index (χ0n) is 16.5. The minimum Gasteiger partial charge on any atom is -0.338 e. The lowest BCUT2D eigenvalue weighted by Crippen LogP contribution is -2.39. The van der Waals surface area contributed by atoms with Crippen LogP contribution in [0.1, 0.15) is 51.8 Å². The first kappa shape index (κ1) is 17.7. The highest BCUT2D eigenvalue weighted by Crippen LogP contribution is 2.29. The van der Waals surface area contributed by atoms with E-state index in [2.05, 4.69) is 40.5 Å². The van der Waals surface area contributed by atoms with E-state index in [9.17, 15) is 4.79 Å². The summed E-state index contributed by atoms with van der Waals surface area (Å²) in [5.41, 5.74) is 4.86. The first-order valence-electron chi connectivity index (χ1n) is 9.59. The van der Waals surface area contributed by atoms with Crippen molar-refractivity contribution >= 4 is 16.8 Å². The van der Waals surface area contributed by atoms with Gasteiger partial charge in [0.1, 0.15) is 5.82 Å². The van der Waals surface area contributed by atoms with Crippen LogP contribution in [0.4, 0.5) is 0 Å². The molecule has 1 aromatic carbocycles. The number of fused-ring (bicyclic) bond motifs is 1. The van der Waals surface area contributed by atoms with E-state index in [0.29, 0.717) is 5.92 Å². The van der Waals surface area contributed by atoms with Gasteiger partial charge in [-0.1, -0.05) is 11.6 Å². The van der Waals surface area contributed by atoms with E-state index in [0.717, 1.165) is 65.0 Å². The molecule has 1 amide bonds. The summed E-state index contributed by atoms with van der Waals surface area (Å²) in [5.74, 6) is 1.46. The van der Waals surface area contributed by atoms with Crippen LogP contribution in [0.2, 0.25) is 0 Å². The van der Waals surface area contributed by atoms with Gasteiger partial charge in [-0.15, -0.1) is 0 Å². The molecule has 3 aromatic rings. The van der Waals surface area contributed by atoms with Crippen LogP contribution in [0.15, 0.2) is 30.6 Å². The van der Waals surface area contributed by atoms with Crippen LogP contribution in [0.5, 0.6) is 0 Å². The molecule has 0 spiro atoms. The minimum absolute atomic E-state index is 0.106. The topological polar surface area (TPSA) is 51.0 Å². The molecule has 4 rings (SSSR count). The SMILES string of the molecule is Cc1cc(C)c2nc(C)cc(C(=O)N3CCCC(c4nccn4C)C3)c2c1. The van der Waals surface area contributed by atoms with Gasteiger partial charge in [0.15, 0.2) is 0 Å². The second-order valence-electron chi connectivity index (χ2n) is 7.78. The second-order valence-corrected chi connectivity index (χ2v) is 7.78. The Morgan fingerprint density at radius 3 is 2.74 bits per heavy atom. The summed E-state index contributed by atoms with van der Waals surface area (Å²) in [5, 5.41) is 0.960. The van der Waals surface area contributed by atoms with E-state index in [1.54, 1.807) is 0 Å². The lowest BCUT2D eigenvalue weighted by Gasteiger charge is -2.33. The van der Waals surface area contributed by atoms with Gasteiger partial charge < -0.3 is 9.47 Å². The third kappa shape index (κ3) is 3.22. The number of rotatable bonds is 2. The van der Waals surface area contributed by atoms with Crippen LogP contribution >= 0.6 is 0 Å². The van der Waals surface area contributed by atoms with Gasteiger partial charge >= 0.3 is 0 Å². The van der Waals surface area contributed by atoms with Crippen molar-refractivity contribution in [2.75, 3.05) is 13.1 Å². The Morgan fingerprint density at radius 1 is 1.19 bits per heavy atom. The molecule has 0 saturated carbocycles. The fourth-order valence-corrected chi connectivity index (χ4v) is 4.30. The first-order chi connectivity index (χ1) is 12.9. The molecule has 1 atom stereocenters. The Labute approximate surface area is 160 Å². The summed E-state index contributed by atoms with van der Waals surface area (Å²) in [6.45, 7) is 7.61. The van der Waals surface area contributed by atoms with Gasteiger partial charge in [-0.3, -0.25) is 9.78 Å². The number of piperidine rings is 1. The fourth-order valence-electron chi connectivity index (χ4n) is 4.30. The van der Waals surface area contributed by atoms with Crippen molar-refractivity contribution in [2.24, 2.45) is 7.05 Å². The average Bonchev–Trinajstić information content (AvgIpc) is 3.07.